The topological polar surface area (TPSA) is 102 Å². The first-order valence-corrected chi connectivity index (χ1v) is 11.6. The fourth-order valence-electron chi connectivity index (χ4n) is 3.87. The van der Waals surface area contributed by atoms with E-state index in [9.17, 15) is 14.3 Å². The molecule has 3 aromatic rings. The molecule has 0 saturated carbocycles. The minimum Gasteiger partial charge on any atom is -0.506 e. The fourth-order valence-corrected chi connectivity index (χ4v) is 3.87. The standard InChI is InChI=1S/C28H31FN2O6/c1-7-36-15-20-23(24-21(34-5)9-8-10-22(24)35-6)26(32)25(27(33)31-20)28(30-4)37-17(3)13-18-12-11-16(2)19(29)14-18/h8-12,14H,3,7,13,15H2,1-2,4-6H3,(H2,31,32,33). The number of pyridine rings is 1. The molecule has 1 heterocycles. The number of hydrogen-bond donors (Lipinski definition) is 2. The van der Waals surface area contributed by atoms with Crippen LogP contribution < -0.4 is 15.0 Å². The van der Waals surface area contributed by atoms with Crippen LogP contribution in [0.25, 0.3) is 11.1 Å². The van der Waals surface area contributed by atoms with Crippen molar-refractivity contribution < 1.29 is 28.4 Å². The number of nitrogens with one attached hydrogen (secondary N) is 1. The molecule has 0 fully saturated rings. The van der Waals surface area contributed by atoms with Crippen molar-refractivity contribution in [3.05, 3.63) is 87.3 Å². The molecule has 9 heteroatoms. The van der Waals surface area contributed by atoms with E-state index in [1.807, 2.05) is 6.92 Å². The SMILES string of the molecule is C=C(Cc1ccc(C)c(F)c1)OC(=NC)c1c(O)c(-c2c(OC)cccc2OC)c(COCC)[nH]c1=O. The highest BCUT2D eigenvalue weighted by molar-refractivity contribution is 6.00. The van der Waals surface area contributed by atoms with E-state index in [1.54, 1.807) is 37.3 Å². The van der Waals surface area contributed by atoms with Crippen molar-refractivity contribution in [2.75, 3.05) is 27.9 Å². The molecule has 0 aliphatic carbocycles. The van der Waals surface area contributed by atoms with Crippen LogP contribution in [-0.2, 0) is 22.5 Å². The Labute approximate surface area is 215 Å². The normalized spacial score (nSPS) is 11.4. The Morgan fingerprint density at radius 2 is 1.81 bits per heavy atom. The number of halogens is 1. The van der Waals surface area contributed by atoms with E-state index in [2.05, 4.69) is 16.6 Å². The van der Waals surface area contributed by atoms with Crippen molar-refractivity contribution in [3.8, 4) is 28.4 Å². The van der Waals surface area contributed by atoms with E-state index in [-0.39, 0.29) is 41.6 Å². The molecular weight excluding hydrogens is 479 g/mol. The molecule has 0 spiro atoms. The molecule has 8 nitrogen and oxygen atoms in total. The van der Waals surface area contributed by atoms with Crippen molar-refractivity contribution in [3.63, 3.8) is 0 Å². The Balaban J connectivity index is 2.11. The quantitative estimate of drug-likeness (QED) is 0.229. The zero-order chi connectivity index (χ0) is 27.1. The number of rotatable bonds is 10. The summed E-state index contributed by atoms with van der Waals surface area (Å²) in [5.41, 5.74) is 1.29. The molecule has 37 heavy (non-hydrogen) atoms. The van der Waals surface area contributed by atoms with Gasteiger partial charge in [0, 0.05) is 20.1 Å². The first-order valence-electron chi connectivity index (χ1n) is 11.6. The van der Waals surface area contributed by atoms with Crippen LogP contribution in [0.5, 0.6) is 17.2 Å². The van der Waals surface area contributed by atoms with Gasteiger partial charge in [-0.3, -0.25) is 9.79 Å². The number of hydrogen-bond acceptors (Lipinski definition) is 7. The van der Waals surface area contributed by atoms with Gasteiger partial charge in [0.15, 0.2) is 0 Å². The van der Waals surface area contributed by atoms with E-state index in [0.717, 1.165) is 0 Å². The number of H-pyrrole nitrogens is 1. The number of nitrogens with zero attached hydrogens (tertiary/aromatic N) is 1. The maximum absolute atomic E-state index is 14.0. The van der Waals surface area contributed by atoms with Gasteiger partial charge in [0.2, 0.25) is 5.90 Å². The molecule has 0 amide bonds. The lowest BCUT2D eigenvalue weighted by Crippen LogP contribution is -2.23. The molecule has 0 atom stereocenters. The zero-order valence-electron chi connectivity index (χ0n) is 21.6. The number of ether oxygens (including phenoxy) is 4. The highest BCUT2D eigenvalue weighted by atomic mass is 19.1. The molecule has 0 aliphatic heterocycles. The first-order chi connectivity index (χ1) is 17.7. The summed E-state index contributed by atoms with van der Waals surface area (Å²) in [7, 11) is 4.40. The van der Waals surface area contributed by atoms with Gasteiger partial charge >= 0.3 is 0 Å². The van der Waals surface area contributed by atoms with E-state index in [1.165, 1.54) is 27.3 Å². The van der Waals surface area contributed by atoms with Crippen LogP contribution in [0.1, 0.15) is 29.3 Å². The van der Waals surface area contributed by atoms with E-state index in [0.29, 0.717) is 40.5 Å². The number of methoxy groups -OCH3 is 2. The summed E-state index contributed by atoms with van der Waals surface area (Å²) in [6.45, 7) is 7.78. The van der Waals surface area contributed by atoms with Crippen molar-refractivity contribution in [2.24, 2.45) is 4.99 Å². The van der Waals surface area contributed by atoms with Gasteiger partial charge in [0.05, 0.1) is 37.6 Å². The first kappa shape index (κ1) is 27.5. The molecular formula is C28H31FN2O6. The monoisotopic (exact) mass is 510 g/mol. The van der Waals surface area contributed by atoms with E-state index in [4.69, 9.17) is 18.9 Å². The predicted octanol–water partition coefficient (Wildman–Crippen LogP) is 4.90. The number of aromatic nitrogens is 1. The Kier molecular flexibility index (Phi) is 9.08. The maximum atomic E-state index is 14.0. The average Bonchev–Trinajstić information content (AvgIpc) is 2.88. The lowest BCUT2D eigenvalue weighted by atomic mass is 9.98. The smallest absolute Gasteiger partial charge is 0.264 e. The van der Waals surface area contributed by atoms with Crippen LogP contribution in [0.3, 0.4) is 0 Å². The number of aromatic amines is 1. The summed E-state index contributed by atoms with van der Waals surface area (Å²) in [6.07, 6.45) is 0.171. The lowest BCUT2D eigenvalue weighted by molar-refractivity contribution is 0.131. The van der Waals surface area contributed by atoms with Crippen LogP contribution in [0, 0.1) is 12.7 Å². The molecule has 196 valence electrons. The van der Waals surface area contributed by atoms with Crippen LogP contribution in [0.2, 0.25) is 0 Å². The number of aliphatic imine (C=N–C) groups is 1. The number of aromatic hydroxyl groups is 1. The van der Waals surface area contributed by atoms with Crippen LogP contribution in [-0.4, -0.2) is 43.9 Å². The molecule has 0 saturated heterocycles. The third-order valence-corrected chi connectivity index (χ3v) is 5.69. The third kappa shape index (κ3) is 6.00. The highest BCUT2D eigenvalue weighted by Gasteiger charge is 2.27. The number of aryl methyl sites for hydroxylation is 1. The molecule has 0 bridgehead atoms. The summed E-state index contributed by atoms with van der Waals surface area (Å²) in [5, 5.41) is 11.5. The Morgan fingerprint density at radius 3 is 2.38 bits per heavy atom. The number of allylic oxidation sites excluding steroid dienone is 1. The van der Waals surface area contributed by atoms with Gasteiger partial charge < -0.3 is 29.0 Å². The van der Waals surface area contributed by atoms with Gasteiger partial charge in [-0.1, -0.05) is 24.8 Å². The fraction of sp³-hybridized carbons (Fsp3) is 0.286. The molecule has 2 N–H and O–H groups in total. The summed E-state index contributed by atoms with van der Waals surface area (Å²) in [6, 6.07) is 9.97. The molecule has 1 aromatic heterocycles. The molecule has 0 unspecified atom stereocenters. The van der Waals surface area contributed by atoms with Gasteiger partial charge in [0.25, 0.3) is 5.56 Å². The zero-order valence-corrected chi connectivity index (χ0v) is 21.6. The second kappa shape index (κ2) is 12.2. The summed E-state index contributed by atoms with van der Waals surface area (Å²) < 4.78 is 36.4. The maximum Gasteiger partial charge on any atom is 0.264 e. The number of benzene rings is 2. The summed E-state index contributed by atoms with van der Waals surface area (Å²) in [5.74, 6) is 0.131. The van der Waals surface area contributed by atoms with Crippen molar-refractivity contribution >= 4 is 5.90 Å². The minimum absolute atomic E-state index is 0.0151. The highest BCUT2D eigenvalue weighted by Crippen LogP contribution is 2.44. The average molecular weight is 511 g/mol. The Bertz CT molecular complexity index is 1360. The van der Waals surface area contributed by atoms with Gasteiger partial charge in [-0.2, -0.15) is 0 Å². The second-order valence-electron chi connectivity index (χ2n) is 8.14. The molecule has 0 aliphatic rings. The van der Waals surface area contributed by atoms with Crippen LogP contribution in [0.4, 0.5) is 4.39 Å². The van der Waals surface area contributed by atoms with Crippen LogP contribution in [0.15, 0.2) is 58.5 Å². The van der Waals surface area contributed by atoms with Crippen molar-refractivity contribution in [1.82, 2.24) is 4.98 Å². The summed E-state index contributed by atoms with van der Waals surface area (Å²) in [4.78, 5) is 20.0. The molecule has 0 radical (unpaired) electrons. The summed E-state index contributed by atoms with van der Waals surface area (Å²) >= 11 is 0. The lowest BCUT2D eigenvalue weighted by Gasteiger charge is -2.20. The third-order valence-electron chi connectivity index (χ3n) is 5.69. The Morgan fingerprint density at radius 1 is 1.14 bits per heavy atom. The predicted molar refractivity (Wildman–Crippen MR) is 140 cm³/mol. The van der Waals surface area contributed by atoms with E-state index >= 15 is 0 Å². The van der Waals surface area contributed by atoms with Crippen molar-refractivity contribution in [2.45, 2.75) is 26.9 Å². The second-order valence-corrected chi connectivity index (χ2v) is 8.14. The minimum atomic E-state index is -0.639. The van der Waals surface area contributed by atoms with E-state index < -0.39 is 11.3 Å². The van der Waals surface area contributed by atoms with Gasteiger partial charge in [-0.25, -0.2) is 4.39 Å². The largest absolute Gasteiger partial charge is 0.506 e. The van der Waals surface area contributed by atoms with Gasteiger partial charge in [-0.15, -0.1) is 0 Å². The van der Waals surface area contributed by atoms with Crippen LogP contribution >= 0.6 is 0 Å². The van der Waals surface area contributed by atoms with Gasteiger partial charge in [-0.05, 0) is 43.2 Å². The Hall–Kier alpha value is -4.11. The van der Waals surface area contributed by atoms with Gasteiger partial charge in [0.1, 0.15) is 34.4 Å². The molecule has 3 rings (SSSR count). The molecule has 2 aromatic carbocycles. The van der Waals surface area contributed by atoms with Crippen molar-refractivity contribution in [1.29, 1.82) is 0 Å².